The molecule has 0 aromatic heterocycles. The second-order valence-electron chi connectivity index (χ2n) is 5.41. The topological polar surface area (TPSA) is 97.2 Å². The molecular formula is C19H16N2O5S. The van der Waals surface area contributed by atoms with Crippen LogP contribution in [0.1, 0.15) is 15.9 Å². The van der Waals surface area contributed by atoms with Gasteiger partial charge in [0.05, 0.1) is 30.4 Å². The first-order valence-electron chi connectivity index (χ1n) is 7.85. The lowest BCUT2D eigenvalue weighted by molar-refractivity contribution is -0.115. The monoisotopic (exact) mass is 384 g/mol. The van der Waals surface area contributed by atoms with Crippen molar-refractivity contribution in [3.05, 3.63) is 58.5 Å². The van der Waals surface area contributed by atoms with Crippen LogP contribution in [0.2, 0.25) is 0 Å². The molecule has 0 spiro atoms. The molecule has 0 atom stereocenters. The molecule has 27 heavy (non-hydrogen) atoms. The molecule has 7 nitrogen and oxygen atoms in total. The highest BCUT2D eigenvalue weighted by atomic mass is 32.2. The fourth-order valence-electron chi connectivity index (χ4n) is 2.44. The smallest absolute Gasteiger partial charge is 0.337 e. The van der Waals surface area contributed by atoms with Gasteiger partial charge in [-0.3, -0.25) is 4.79 Å². The van der Waals surface area contributed by atoms with E-state index in [2.05, 4.69) is 10.3 Å². The highest BCUT2D eigenvalue weighted by Gasteiger charge is 2.25. The van der Waals surface area contributed by atoms with E-state index >= 15 is 0 Å². The van der Waals surface area contributed by atoms with Crippen molar-refractivity contribution in [2.45, 2.75) is 0 Å². The van der Waals surface area contributed by atoms with Gasteiger partial charge in [-0.1, -0.05) is 12.1 Å². The van der Waals surface area contributed by atoms with Crippen LogP contribution in [0, 0.1) is 0 Å². The van der Waals surface area contributed by atoms with E-state index in [0.29, 0.717) is 27.1 Å². The minimum Gasteiger partial charge on any atom is -0.497 e. The molecule has 1 aliphatic heterocycles. The van der Waals surface area contributed by atoms with Crippen molar-refractivity contribution in [1.29, 1.82) is 0 Å². The highest BCUT2D eigenvalue weighted by Crippen LogP contribution is 2.32. The third kappa shape index (κ3) is 4.12. The van der Waals surface area contributed by atoms with Gasteiger partial charge in [-0.15, -0.1) is 0 Å². The molecule has 1 amide bonds. The number of amidine groups is 1. The summed E-state index contributed by atoms with van der Waals surface area (Å²) in [7, 11) is 3.10. The number of hydrogen-bond donors (Lipinski definition) is 2. The largest absolute Gasteiger partial charge is 0.497 e. The van der Waals surface area contributed by atoms with Crippen LogP contribution < -0.4 is 14.8 Å². The van der Waals surface area contributed by atoms with Gasteiger partial charge >= 0.3 is 5.97 Å². The Hall–Kier alpha value is -3.26. The third-order valence-electron chi connectivity index (χ3n) is 3.73. The lowest BCUT2D eigenvalue weighted by atomic mass is 10.1. The van der Waals surface area contributed by atoms with Crippen molar-refractivity contribution in [2.75, 3.05) is 14.2 Å². The van der Waals surface area contributed by atoms with E-state index < -0.39 is 5.97 Å². The van der Waals surface area contributed by atoms with E-state index in [9.17, 15) is 14.7 Å². The Bertz CT molecular complexity index is 968. The van der Waals surface area contributed by atoms with E-state index in [4.69, 9.17) is 9.47 Å². The zero-order valence-corrected chi connectivity index (χ0v) is 15.4. The lowest BCUT2D eigenvalue weighted by Crippen LogP contribution is -2.19. The fraction of sp³-hybridized carbons (Fsp3) is 0.105. The minimum absolute atomic E-state index is 0.0618. The van der Waals surface area contributed by atoms with Crippen LogP contribution in [0.3, 0.4) is 0 Å². The van der Waals surface area contributed by atoms with Crippen molar-refractivity contribution in [2.24, 2.45) is 4.99 Å². The first kappa shape index (κ1) is 18.5. The Balaban J connectivity index is 1.93. The quantitative estimate of drug-likeness (QED) is 0.768. The number of aliphatic imine (C=N–C) groups is 1. The molecular weight excluding hydrogens is 368 g/mol. The van der Waals surface area contributed by atoms with Crippen LogP contribution in [-0.2, 0) is 4.79 Å². The normalized spacial score (nSPS) is 16.4. The first-order chi connectivity index (χ1) is 13.0. The van der Waals surface area contributed by atoms with Gasteiger partial charge < -0.3 is 19.9 Å². The predicted molar refractivity (Wildman–Crippen MR) is 104 cm³/mol. The minimum atomic E-state index is -1.08. The number of benzene rings is 2. The molecule has 0 aliphatic carbocycles. The Kier molecular flexibility index (Phi) is 5.46. The number of carbonyl (C=O) groups excluding carboxylic acids is 1. The number of aromatic carboxylic acids is 1. The van der Waals surface area contributed by atoms with Crippen LogP contribution >= 0.6 is 11.8 Å². The zero-order chi connectivity index (χ0) is 19.4. The average Bonchev–Trinajstić information content (AvgIpc) is 3.00. The number of para-hydroxylation sites is 1. The summed E-state index contributed by atoms with van der Waals surface area (Å²) in [5, 5.41) is 12.2. The summed E-state index contributed by atoms with van der Waals surface area (Å²) >= 11 is 1.12. The van der Waals surface area contributed by atoms with E-state index in [1.807, 2.05) is 0 Å². The number of ether oxygens (including phenoxy) is 2. The standard InChI is InChI=1S/C19H16N2O5S/c1-25-12-7-8-15(26-2)11(9-12)10-16-17(22)21-19(27-16)20-14-6-4-3-5-13(14)18(23)24/h3-10H,1-2H3,(H,23,24)(H,20,21,22)/b16-10-. The summed E-state index contributed by atoms with van der Waals surface area (Å²) in [6.07, 6.45) is 1.67. The van der Waals surface area contributed by atoms with Gasteiger partial charge in [0.2, 0.25) is 0 Å². The maximum Gasteiger partial charge on any atom is 0.337 e. The second-order valence-corrected chi connectivity index (χ2v) is 6.44. The van der Waals surface area contributed by atoms with E-state index in [1.54, 1.807) is 56.7 Å². The summed E-state index contributed by atoms with van der Waals surface area (Å²) in [5.74, 6) is -0.175. The molecule has 1 saturated heterocycles. The Morgan fingerprint density at radius 2 is 1.96 bits per heavy atom. The Morgan fingerprint density at radius 1 is 1.19 bits per heavy atom. The summed E-state index contributed by atoms with van der Waals surface area (Å²) in [5.41, 5.74) is 1.02. The van der Waals surface area contributed by atoms with Gasteiger partial charge in [0, 0.05) is 5.56 Å². The molecule has 138 valence electrons. The molecule has 2 aromatic carbocycles. The molecule has 1 aliphatic rings. The number of carboxylic acids is 1. The molecule has 3 rings (SSSR count). The third-order valence-corrected chi connectivity index (χ3v) is 4.64. The second kappa shape index (κ2) is 7.96. The van der Waals surface area contributed by atoms with E-state index in [-0.39, 0.29) is 17.2 Å². The number of rotatable bonds is 5. The van der Waals surface area contributed by atoms with Crippen molar-refractivity contribution in [1.82, 2.24) is 5.32 Å². The van der Waals surface area contributed by atoms with Gasteiger partial charge in [0.15, 0.2) is 5.17 Å². The number of carboxylic acid groups (broad SMARTS) is 1. The number of nitrogens with zero attached hydrogens (tertiary/aromatic N) is 1. The van der Waals surface area contributed by atoms with Crippen LogP contribution in [-0.4, -0.2) is 36.4 Å². The van der Waals surface area contributed by atoms with E-state index in [1.165, 1.54) is 6.07 Å². The number of thioether (sulfide) groups is 1. The molecule has 0 unspecified atom stereocenters. The number of methoxy groups -OCH3 is 2. The van der Waals surface area contributed by atoms with Crippen LogP contribution in [0.25, 0.3) is 6.08 Å². The van der Waals surface area contributed by atoms with Gasteiger partial charge in [0.25, 0.3) is 5.91 Å². The van der Waals surface area contributed by atoms with Gasteiger partial charge in [-0.05, 0) is 48.2 Å². The molecule has 1 fully saturated rings. The average molecular weight is 384 g/mol. The lowest BCUT2D eigenvalue weighted by Gasteiger charge is -2.07. The Morgan fingerprint density at radius 3 is 2.67 bits per heavy atom. The number of nitrogens with one attached hydrogen (secondary N) is 1. The molecule has 0 bridgehead atoms. The van der Waals surface area contributed by atoms with Gasteiger partial charge in [-0.25, -0.2) is 9.79 Å². The maximum atomic E-state index is 12.3. The van der Waals surface area contributed by atoms with Crippen LogP contribution in [0.15, 0.2) is 52.4 Å². The summed E-state index contributed by atoms with van der Waals surface area (Å²) in [6, 6.07) is 11.6. The zero-order valence-electron chi connectivity index (χ0n) is 14.6. The van der Waals surface area contributed by atoms with E-state index in [0.717, 1.165) is 11.8 Å². The predicted octanol–water partition coefficient (Wildman–Crippen LogP) is 3.29. The van der Waals surface area contributed by atoms with Crippen molar-refractivity contribution < 1.29 is 24.2 Å². The maximum absolute atomic E-state index is 12.3. The molecule has 1 heterocycles. The number of amides is 1. The Labute approximate surface area is 159 Å². The van der Waals surface area contributed by atoms with Gasteiger partial charge in [0.1, 0.15) is 11.5 Å². The SMILES string of the molecule is COc1ccc(OC)c(/C=C2\SC(=Nc3ccccc3C(=O)O)NC2=O)c1. The molecule has 8 heteroatoms. The fourth-order valence-corrected chi connectivity index (χ4v) is 3.26. The van der Waals surface area contributed by atoms with Crippen molar-refractivity contribution >= 4 is 40.6 Å². The molecule has 0 saturated carbocycles. The highest BCUT2D eigenvalue weighted by molar-refractivity contribution is 8.18. The van der Waals surface area contributed by atoms with Crippen molar-refractivity contribution in [3.8, 4) is 11.5 Å². The van der Waals surface area contributed by atoms with Crippen molar-refractivity contribution in [3.63, 3.8) is 0 Å². The summed E-state index contributed by atoms with van der Waals surface area (Å²) in [6.45, 7) is 0. The molecule has 0 radical (unpaired) electrons. The molecule has 2 aromatic rings. The first-order valence-corrected chi connectivity index (χ1v) is 8.67. The van der Waals surface area contributed by atoms with Crippen LogP contribution in [0.4, 0.5) is 5.69 Å². The van der Waals surface area contributed by atoms with Gasteiger partial charge in [-0.2, -0.15) is 0 Å². The summed E-state index contributed by atoms with van der Waals surface area (Å²) in [4.78, 5) is 28.3. The summed E-state index contributed by atoms with van der Waals surface area (Å²) < 4.78 is 10.5. The molecule has 2 N–H and O–H groups in total. The van der Waals surface area contributed by atoms with Crippen LogP contribution in [0.5, 0.6) is 11.5 Å². The number of hydrogen-bond acceptors (Lipinski definition) is 6. The number of carbonyl (C=O) groups is 2.